The maximum Gasteiger partial charge on any atom is 0.416 e. The molecule has 1 heterocycles. The molecular weight excluding hydrogens is 312 g/mol. The Morgan fingerprint density at radius 3 is 1.73 bits per heavy atom. The van der Waals surface area contributed by atoms with Gasteiger partial charge in [0, 0.05) is 18.9 Å². The van der Waals surface area contributed by atoms with Gasteiger partial charge in [-0.1, -0.05) is 13.8 Å². The van der Waals surface area contributed by atoms with E-state index < -0.39 is 29.4 Å². The van der Waals surface area contributed by atoms with Gasteiger partial charge in [0.2, 0.25) is 5.91 Å². The molecule has 0 aliphatic carbocycles. The van der Waals surface area contributed by atoms with Gasteiger partial charge in [-0.15, -0.1) is 0 Å². The van der Waals surface area contributed by atoms with Crippen LogP contribution in [0.3, 0.4) is 0 Å². The van der Waals surface area contributed by atoms with Crippen molar-refractivity contribution in [1.29, 1.82) is 0 Å². The quantitative estimate of drug-likeness (QED) is 0.763. The highest BCUT2D eigenvalue weighted by molar-refractivity contribution is 5.79. The molecule has 1 fully saturated rings. The van der Waals surface area contributed by atoms with Gasteiger partial charge in [-0.05, 0) is 23.8 Å². The van der Waals surface area contributed by atoms with Gasteiger partial charge < -0.3 is 5.32 Å². The van der Waals surface area contributed by atoms with Crippen LogP contribution in [0.15, 0.2) is 18.2 Å². The van der Waals surface area contributed by atoms with Crippen molar-refractivity contribution in [3.05, 3.63) is 34.9 Å². The van der Waals surface area contributed by atoms with Crippen molar-refractivity contribution in [3.8, 4) is 0 Å². The number of alkyl halides is 6. The molecule has 0 aromatic heterocycles. The fourth-order valence-corrected chi connectivity index (χ4v) is 2.06. The first kappa shape index (κ1) is 18.3. The SMILES string of the molecule is CC.O=C1CC(c2cc(C(F)(F)F)cc(C(F)(F)F)c2)CN1. The second-order valence-electron chi connectivity index (χ2n) is 4.54. The van der Waals surface area contributed by atoms with Gasteiger partial charge in [-0.3, -0.25) is 4.79 Å². The van der Waals surface area contributed by atoms with Crippen LogP contribution in [0, 0.1) is 0 Å². The number of carbonyl (C=O) groups excluding carboxylic acids is 1. The first-order valence-corrected chi connectivity index (χ1v) is 6.63. The minimum atomic E-state index is -4.87. The lowest BCUT2D eigenvalue weighted by molar-refractivity contribution is -0.143. The minimum Gasteiger partial charge on any atom is -0.355 e. The number of hydrogen-bond acceptors (Lipinski definition) is 1. The molecule has 8 heteroatoms. The van der Waals surface area contributed by atoms with Gasteiger partial charge >= 0.3 is 12.4 Å². The van der Waals surface area contributed by atoms with Crippen molar-refractivity contribution in [1.82, 2.24) is 5.32 Å². The number of hydrogen-bond donors (Lipinski definition) is 1. The zero-order valence-electron chi connectivity index (χ0n) is 11.9. The van der Waals surface area contributed by atoms with Crippen molar-refractivity contribution in [2.45, 2.75) is 38.5 Å². The Balaban J connectivity index is 0.00000116. The first-order chi connectivity index (χ1) is 10.1. The summed E-state index contributed by atoms with van der Waals surface area (Å²) in [7, 11) is 0. The molecule has 0 saturated carbocycles. The van der Waals surface area contributed by atoms with Gasteiger partial charge in [0.25, 0.3) is 0 Å². The van der Waals surface area contributed by atoms with Crippen molar-refractivity contribution < 1.29 is 31.1 Å². The van der Waals surface area contributed by atoms with E-state index in [-0.39, 0.29) is 30.5 Å². The molecule has 124 valence electrons. The van der Waals surface area contributed by atoms with Gasteiger partial charge in [-0.2, -0.15) is 26.3 Å². The van der Waals surface area contributed by atoms with E-state index in [0.717, 1.165) is 0 Å². The fourth-order valence-electron chi connectivity index (χ4n) is 2.06. The molecule has 0 bridgehead atoms. The lowest BCUT2D eigenvalue weighted by Gasteiger charge is -2.16. The van der Waals surface area contributed by atoms with Crippen molar-refractivity contribution in [2.24, 2.45) is 0 Å². The smallest absolute Gasteiger partial charge is 0.355 e. The Hall–Kier alpha value is -1.73. The van der Waals surface area contributed by atoms with Crippen LogP contribution >= 0.6 is 0 Å². The predicted molar refractivity (Wildman–Crippen MR) is 68.2 cm³/mol. The van der Waals surface area contributed by atoms with Gasteiger partial charge in [0.05, 0.1) is 11.1 Å². The molecule has 0 spiro atoms. The maximum atomic E-state index is 12.6. The van der Waals surface area contributed by atoms with Gasteiger partial charge in [0.15, 0.2) is 0 Å². The Labute approximate surface area is 123 Å². The monoisotopic (exact) mass is 327 g/mol. The number of nitrogens with one attached hydrogen (secondary N) is 1. The van der Waals surface area contributed by atoms with E-state index in [1.807, 2.05) is 13.8 Å². The summed E-state index contributed by atoms with van der Waals surface area (Å²) in [5.41, 5.74) is -2.85. The first-order valence-electron chi connectivity index (χ1n) is 6.63. The summed E-state index contributed by atoms with van der Waals surface area (Å²) in [5.74, 6) is -1.06. The van der Waals surface area contributed by atoms with E-state index in [1.54, 1.807) is 0 Å². The van der Waals surface area contributed by atoms with Crippen LogP contribution in [0.5, 0.6) is 0 Å². The van der Waals surface area contributed by atoms with Crippen LogP contribution in [0.2, 0.25) is 0 Å². The molecule has 1 aromatic rings. The average molecular weight is 327 g/mol. The zero-order valence-corrected chi connectivity index (χ0v) is 11.9. The van der Waals surface area contributed by atoms with E-state index in [2.05, 4.69) is 5.32 Å². The van der Waals surface area contributed by atoms with Crippen LogP contribution < -0.4 is 5.32 Å². The highest BCUT2D eigenvalue weighted by Gasteiger charge is 2.38. The highest BCUT2D eigenvalue weighted by atomic mass is 19.4. The minimum absolute atomic E-state index is 0.0391. The number of rotatable bonds is 1. The Morgan fingerprint density at radius 2 is 1.41 bits per heavy atom. The third-order valence-electron chi connectivity index (χ3n) is 3.06. The third kappa shape index (κ3) is 4.38. The summed E-state index contributed by atoms with van der Waals surface area (Å²) < 4.78 is 75.9. The van der Waals surface area contributed by atoms with Crippen LogP contribution in [0.1, 0.15) is 42.9 Å². The molecule has 1 N–H and O–H groups in total. The molecule has 1 saturated heterocycles. The van der Waals surface area contributed by atoms with Gasteiger partial charge in [0.1, 0.15) is 0 Å². The van der Waals surface area contributed by atoms with Gasteiger partial charge in [-0.25, -0.2) is 0 Å². The van der Waals surface area contributed by atoms with Crippen LogP contribution in [-0.4, -0.2) is 12.5 Å². The molecule has 1 aliphatic heterocycles. The van der Waals surface area contributed by atoms with E-state index in [0.29, 0.717) is 12.1 Å². The van der Waals surface area contributed by atoms with Crippen LogP contribution in [0.25, 0.3) is 0 Å². The number of amides is 1. The second kappa shape index (κ2) is 6.58. The predicted octanol–water partition coefficient (Wildman–Crippen LogP) is 4.35. The molecule has 1 atom stereocenters. The lowest BCUT2D eigenvalue weighted by atomic mass is 9.94. The molecular formula is C14H15F6NO. The number of benzene rings is 1. The van der Waals surface area contributed by atoms with E-state index >= 15 is 0 Å². The van der Waals surface area contributed by atoms with Crippen molar-refractivity contribution >= 4 is 5.91 Å². The topological polar surface area (TPSA) is 29.1 Å². The Morgan fingerprint density at radius 1 is 0.955 bits per heavy atom. The Kier molecular flexibility index (Phi) is 5.48. The van der Waals surface area contributed by atoms with E-state index in [1.165, 1.54) is 0 Å². The Bertz CT molecular complexity index is 503. The molecule has 0 radical (unpaired) electrons. The van der Waals surface area contributed by atoms with Crippen molar-refractivity contribution in [3.63, 3.8) is 0 Å². The summed E-state index contributed by atoms with van der Waals surface area (Å²) >= 11 is 0. The number of halogens is 6. The van der Waals surface area contributed by atoms with Crippen LogP contribution in [0.4, 0.5) is 26.3 Å². The molecule has 1 aromatic carbocycles. The summed E-state index contributed by atoms with van der Waals surface area (Å²) in [6.07, 6.45) is -9.85. The lowest BCUT2D eigenvalue weighted by Crippen LogP contribution is -2.15. The highest BCUT2D eigenvalue weighted by Crippen LogP contribution is 2.38. The summed E-state index contributed by atoms with van der Waals surface area (Å²) in [4.78, 5) is 11.0. The summed E-state index contributed by atoms with van der Waals surface area (Å²) in [6, 6.07) is 1.41. The van der Waals surface area contributed by atoms with Crippen LogP contribution in [-0.2, 0) is 17.1 Å². The molecule has 2 rings (SSSR count). The normalized spacial score (nSPS) is 18.5. The maximum absolute atomic E-state index is 12.6. The summed E-state index contributed by atoms with van der Waals surface area (Å²) in [5, 5.41) is 2.38. The van der Waals surface area contributed by atoms with E-state index in [4.69, 9.17) is 0 Å². The largest absolute Gasteiger partial charge is 0.416 e. The molecule has 1 aliphatic rings. The van der Waals surface area contributed by atoms with E-state index in [9.17, 15) is 31.1 Å². The fraction of sp³-hybridized carbons (Fsp3) is 0.500. The molecule has 2 nitrogen and oxygen atoms in total. The third-order valence-corrected chi connectivity index (χ3v) is 3.06. The molecule has 1 amide bonds. The zero-order chi connectivity index (χ0) is 17.1. The molecule has 1 unspecified atom stereocenters. The summed E-state index contributed by atoms with van der Waals surface area (Å²) in [6.45, 7) is 4.04. The number of carbonyl (C=O) groups is 1. The molecule has 22 heavy (non-hydrogen) atoms. The van der Waals surface area contributed by atoms with Crippen molar-refractivity contribution in [2.75, 3.05) is 6.54 Å². The standard InChI is InChI=1S/C12H9F6NO.C2H6/c13-11(14,15)8-1-6(7-3-10(20)19-5-7)2-9(4-8)12(16,17)18;1-2/h1-2,4,7H,3,5H2,(H,19,20);1-2H3. The second-order valence-corrected chi connectivity index (χ2v) is 4.54. The average Bonchev–Trinajstić information content (AvgIpc) is 2.85.